The molecule has 0 saturated carbocycles. The van der Waals surface area contributed by atoms with Crippen LogP contribution < -0.4 is 16.0 Å². The minimum atomic E-state index is 0.746. The summed E-state index contributed by atoms with van der Waals surface area (Å²) >= 11 is 0. The highest BCUT2D eigenvalue weighted by Crippen LogP contribution is 2.24. The fraction of sp³-hybridized carbons (Fsp3) is 0.300. The smallest absolute Gasteiger partial charge is 0.161 e. The van der Waals surface area contributed by atoms with Crippen LogP contribution in [0.25, 0.3) is 11.4 Å². The quantitative estimate of drug-likeness (QED) is 0.557. The van der Waals surface area contributed by atoms with Crippen LogP contribution in [0.5, 0.6) is 0 Å². The van der Waals surface area contributed by atoms with Crippen LogP contribution >= 0.6 is 0 Å². The van der Waals surface area contributed by atoms with Crippen LogP contribution in [0.4, 0.5) is 11.5 Å². The number of pyridine rings is 2. The minimum Gasteiger partial charge on any atom is -0.384 e. The molecule has 0 aromatic carbocycles. The van der Waals surface area contributed by atoms with Gasteiger partial charge in [0.2, 0.25) is 0 Å². The van der Waals surface area contributed by atoms with Gasteiger partial charge in [-0.15, -0.1) is 0 Å². The third-order valence-electron chi connectivity index (χ3n) is 4.51. The largest absolute Gasteiger partial charge is 0.384 e. The molecule has 0 bridgehead atoms. The second kappa shape index (κ2) is 8.55. The molecule has 7 nitrogen and oxygen atoms in total. The molecular formula is C20H23N7. The zero-order valence-electron chi connectivity index (χ0n) is 15.2. The Balaban J connectivity index is 1.43. The van der Waals surface area contributed by atoms with E-state index in [0.717, 1.165) is 67.6 Å². The standard InChI is InChI=1S/C20H23N7/c1-3-16(13-22-7-1)24-8-2-9-25-20-17-6-12-23-14-18(17)26-19(27-20)15-4-10-21-11-5-15/h1,3-5,7,10-11,13,23-24H,2,6,8-9,12,14H2,(H,25,26,27). The van der Waals surface area contributed by atoms with Gasteiger partial charge in [-0.1, -0.05) is 0 Å². The molecular weight excluding hydrogens is 338 g/mol. The summed E-state index contributed by atoms with van der Waals surface area (Å²) in [6.45, 7) is 3.47. The first-order valence-corrected chi connectivity index (χ1v) is 9.29. The summed E-state index contributed by atoms with van der Waals surface area (Å²) in [4.78, 5) is 17.8. The number of hydrogen-bond acceptors (Lipinski definition) is 7. The number of hydrogen-bond donors (Lipinski definition) is 3. The molecule has 27 heavy (non-hydrogen) atoms. The Kier molecular flexibility index (Phi) is 5.50. The van der Waals surface area contributed by atoms with E-state index < -0.39 is 0 Å². The van der Waals surface area contributed by atoms with Crippen LogP contribution in [-0.2, 0) is 13.0 Å². The van der Waals surface area contributed by atoms with Crippen LogP contribution in [0.1, 0.15) is 17.7 Å². The lowest BCUT2D eigenvalue weighted by atomic mass is 10.1. The van der Waals surface area contributed by atoms with Gasteiger partial charge in [0, 0.05) is 55.5 Å². The third kappa shape index (κ3) is 4.38. The Morgan fingerprint density at radius 1 is 0.963 bits per heavy atom. The molecule has 3 N–H and O–H groups in total. The van der Waals surface area contributed by atoms with E-state index in [0.29, 0.717) is 0 Å². The molecule has 4 rings (SSSR count). The van der Waals surface area contributed by atoms with Gasteiger partial charge < -0.3 is 16.0 Å². The molecule has 0 fully saturated rings. The monoisotopic (exact) mass is 361 g/mol. The topological polar surface area (TPSA) is 87.7 Å². The lowest BCUT2D eigenvalue weighted by Gasteiger charge is -2.21. The maximum absolute atomic E-state index is 4.80. The van der Waals surface area contributed by atoms with Crippen molar-refractivity contribution in [2.45, 2.75) is 19.4 Å². The molecule has 0 spiro atoms. The van der Waals surface area contributed by atoms with E-state index >= 15 is 0 Å². The molecule has 7 heteroatoms. The number of aromatic nitrogens is 4. The molecule has 4 heterocycles. The average Bonchev–Trinajstić information content (AvgIpc) is 2.74. The van der Waals surface area contributed by atoms with E-state index in [1.165, 1.54) is 5.56 Å². The zero-order valence-corrected chi connectivity index (χ0v) is 15.2. The van der Waals surface area contributed by atoms with Crippen molar-refractivity contribution in [1.82, 2.24) is 25.3 Å². The van der Waals surface area contributed by atoms with E-state index in [4.69, 9.17) is 9.97 Å². The van der Waals surface area contributed by atoms with Gasteiger partial charge >= 0.3 is 0 Å². The van der Waals surface area contributed by atoms with Gasteiger partial charge in [-0.3, -0.25) is 9.97 Å². The van der Waals surface area contributed by atoms with E-state index in [2.05, 4.69) is 25.9 Å². The van der Waals surface area contributed by atoms with Crippen molar-refractivity contribution in [2.24, 2.45) is 0 Å². The van der Waals surface area contributed by atoms with E-state index in [9.17, 15) is 0 Å². The number of nitrogens with zero attached hydrogens (tertiary/aromatic N) is 4. The predicted octanol–water partition coefficient (Wildman–Crippen LogP) is 2.49. The first-order chi connectivity index (χ1) is 13.4. The van der Waals surface area contributed by atoms with Crippen molar-refractivity contribution in [3.8, 4) is 11.4 Å². The highest BCUT2D eigenvalue weighted by Gasteiger charge is 2.18. The van der Waals surface area contributed by atoms with Gasteiger partial charge in [0.1, 0.15) is 5.82 Å². The molecule has 3 aromatic rings. The van der Waals surface area contributed by atoms with Gasteiger partial charge in [-0.25, -0.2) is 9.97 Å². The maximum Gasteiger partial charge on any atom is 0.161 e. The Hall–Kier alpha value is -3.06. The van der Waals surface area contributed by atoms with E-state index in [-0.39, 0.29) is 0 Å². The first kappa shape index (κ1) is 17.4. The van der Waals surface area contributed by atoms with Gasteiger partial charge in [-0.2, -0.15) is 0 Å². The van der Waals surface area contributed by atoms with Crippen molar-refractivity contribution >= 4 is 11.5 Å². The Morgan fingerprint density at radius 3 is 2.70 bits per heavy atom. The highest BCUT2D eigenvalue weighted by atomic mass is 15.1. The van der Waals surface area contributed by atoms with Crippen molar-refractivity contribution in [1.29, 1.82) is 0 Å². The lowest BCUT2D eigenvalue weighted by molar-refractivity contribution is 0.625. The fourth-order valence-corrected chi connectivity index (χ4v) is 3.13. The fourth-order valence-electron chi connectivity index (χ4n) is 3.13. The number of nitrogens with one attached hydrogen (secondary N) is 3. The molecule has 0 amide bonds. The SMILES string of the molecule is c1cncc(NCCCNc2nc(-c3ccncc3)nc3c2CCNC3)c1. The molecule has 0 unspecified atom stereocenters. The summed E-state index contributed by atoms with van der Waals surface area (Å²) in [5, 5.41) is 10.3. The molecule has 138 valence electrons. The van der Waals surface area contributed by atoms with Gasteiger partial charge in [-0.05, 0) is 43.7 Å². The summed E-state index contributed by atoms with van der Waals surface area (Å²) in [7, 11) is 0. The van der Waals surface area contributed by atoms with Crippen LogP contribution in [0.15, 0.2) is 49.1 Å². The third-order valence-corrected chi connectivity index (χ3v) is 4.51. The normalized spacial score (nSPS) is 13.0. The predicted molar refractivity (Wildman–Crippen MR) is 107 cm³/mol. The van der Waals surface area contributed by atoms with Crippen LogP contribution in [0.3, 0.4) is 0 Å². The van der Waals surface area contributed by atoms with Crippen LogP contribution in [-0.4, -0.2) is 39.6 Å². The zero-order chi connectivity index (χ0) is 18.3. The second-order valence-electron chi connectivity index (χ2n) is 6.43. The lowest BCUT2D eigenvalue weighted by Crippen LogP contribution is -2.27. The van der Waals surface area contributed by atoms with Crippen LogP contribution in [0.2, 0.25) is 0 Å². The minimum absolute atomic E-state index is 0.746. The molecule has 0 aliphatic carbocycles. The van der Waals surface area contributed by atoms with Crippen molar-refractivity contribution < 1.29 is 0 Å². The number of anilines is 2. The molecule has 0 atom stereocenters. The molecule has 0 radical (unpaired) electrons. The average molecular weight is 361 g/mol. The van der Waals surface area contributed by atoms with Gasteiger partial charge in [0.25, 0.3) is 0 Å². The second-order valence-corrected chi connectivity index (χ2v) is 6.43. The first-order valence-electron chi connectivity index (χ1n) is 9.29. The Bertz CT molecular complexity index is 868. The van der Waals surface area contributed by atoms with Crippen molar-refractivity contribution in [2.75, 3.05) is 30.3 Å². The van der Waals surface area contributed by atoms with E-state index in [1.807, 2.05) is 30.5 Å². The number of fused-ring (bicyclic) bond motifs is 1. The maximum atomic E-state index is 4.80. The van der Waals surface area contributed by atoms with Crippen LogP contribution in [0, 0.1) is 0 Å². The molecule has 1 aliphatic heterocycles. The summed E-state index contributed by atoms with van der Waals surface area (Å²) < 4.78 is 0. The highest BCUT2D eigenvalue weighted by molar-refractivity contribution is 5.59. The summed E-state index contributed by atoms with van der Waals surface area (Å²) in [6, 6.07) is 7.84. The number of rotatable bonds is 7. The molecule has 1 aliphatic rings. The van der Waals surface area contributed by atoms with Gasteiger partial charge in [0.15, 0.2) is 5.82 Å². The van der Waals surface area contributed by atoms with Crippen molar-refractivity contribution in [3.63, 3.8) is 0 Å². The van der Waals surface area contributed by atoms with Gasteiger partial charge in [0.05, 0.1) is 11.4 Å². The molecule has 0 saturated heterocycles. The summed E-state index contributed by atoms with van der Waals surface area (Å²) in [5.74, 6) is 1.70. The van der Waals surface area contributed by atoms with Crippen molar-refractivity contribution in [3.05, 3.63) is 60.3 Å². The summed E-state index contributed by atoms with van der Waals surface area (Å²) in [5.41, 5.74) is 4.34. The summed E-state index contributed by atoms with van der Waals surface area (Å²) in [6.07, 6.45) is 9.09. The molecule has 3 aromatic heterocycles. The Morgan fingerprint density at radius 2 is 1.85 bits per heavy atom. The van der Waals surface area contributed by atoms with E-state index in [1.54, 1.807) is 18.6 Å². The Labute approximate surface area is 158 Å².